The maximum Gasteiger partial charge on any atom is 0.234 e. The normalized spacial score (nSPS) is 23.5. The van der Waals surface area contributed by atoms with Gasteiger partial charge < -0.3 is 10.6 Å². The first-order valence-corrected chi connectivity index (χ1v) is 8.95. The van der Waals surface area contributed by atoms with E-state index in [0.717, 1.165) is 19.5 Å². The summed E-state index contributed by atoms with van der Waals surface area (Å²) in [5.41, 5.74) is 0. The Labute approximate surface area is 130 Å². The lowest BCUT2D eigenvalue weighted by atomic mass is 10.1. The van der Waals surface area contributed by atoms with Crippen LogP contribution in [0, 0.1) is 0 Å². The summed E-state index contributed by atoms with van der Waals surface area (Å²) in [6.45, 7) is 7.12. The van der Waals surface area contributed by atoms with Gasteiger partial charge in [0.25, 0.3) is 0 Å². The number of carbonyl (C=O) groups is 1. The van der Waals surface area contributed by atoms with Gasteiger partial charge in [0.15, 0.2) is 0 Å². The van der Waals surface area contributed by atoms with Crippen LogP contribution in [0.25, 0.3) is 0 Å². The summed E-state index contributed by atoms with van der Waals surface area (Å²) in [4.78, 5) is 14.6. The van der Waals surface area contributed by atoms with Gasteiger partial charge >= 0.3 is 0 Å². The molecule has 0 aromatic rings. The quantitative estimate of drug-likeness (QED) is 0.608. The van der Waals surface area contributed by atoms with E-state index < -0.39 is 0 Å². The molecule has 1 aliphatic carbocycles. The fourth-order valence-corrected chi connectivity index (χ4v) is 3.26. The summed E-state index contributed by atoms with van der Waals surface area (Å²) in [7, 11) is 0. The van der Waals surface area contributed by atoms with Gasteiger partial charge in [0.05, 0.1) is 6.54 Å². The molecule has 1 saturated heterocycles. The number of hydrogen-bond donors (Lipinski definition) is 2. The van der Waals surface area contributed by atoms with E-state index in [4.69, 9.17) is 0 Å². The topological polar surface area (TPSA) is 44.4 Å². The predicted molar refractivity (Wildman–Crippen MR) is 87.4 cm³/mol. The molecule has 1 heterocycles. The minimum Gasteiger partial charge on any atom is -0.353 e. The van der Waals surface area contributed by atoms with Gasteiger partial charge in [-0.1, -0.05) is 26.2 Å². The van der Waals surface area contributed by atoms with Gasteiger partial charge in [-0.25, -0.2) is 0 Å². The summed E-state index contributed by atoms with van der Waals surface area (Å²) in [5, 5.41) is 6.72. The number of rotatable bonds is 10. The Morgan fingerprint density at radius 3 is 2.76 bits per heavy atom. The first-order chi connectivity index (χ1) is 10.2. The molecule has 2 fully saturated rings. The van der Waals surface area contributed by atoms with E-state index in [-0.39, 0.29) is 5.91 Å². The fourth-order valence-electron chi connectivity index (χ4n) is 3.26. The summed E-state index contributed by atoms with van der Waals surface area (Å²) < 4.78 is 0. The van der Waals surface area contributed by atoms with Gasteiger partial charge in [-0.2, -0.15) is 0 Å². The molecule has 4 nitrogen and oxygen atoms in total. The second-order valence-electron chi connectivity index (χ2n) is 6.92. The molecule has 0 bridgehead atoms. The summed E-state index contributed by atoms with van der Waals surface area (Å²) in [6.07, 6.45) is 9.91. The van der Waals surface area contributed by atoms with Crippen LogP contribution in [-0.2, 0) is 4.79 Å². The van der Waals surface area contributed by atoms with Crippen molar-refractivity contribution in [3.05, 3.63) is 0 Å². The molecule has 1 aliphatic heterocycles. The van der Waals surface area contributed by atoms with Crippen molar-refractivity contribution in [2.24, 2.45) is 0 Å². The zero-order valence-electron chi connectivity index (χ0n) is 13.9. The smallest absolute Gasteiger partial charge is 0.234 e. The highest BCUT2D eigenvalue weighted by Gasteiger charge is 2.32. The zero-order valence-corrected chi connectivity index (χ0v) is 13.9. The zero-order chi connectivity index (χ0) is 15.1. The molecule has 122 valence electrons. The molecule has 2 N–H and O–H groups in total. The Hall–Kier alpha value is -0.610. The minimum absolute atomic E-state index is 0.212. The SMILES string of the molecule is CCCCCC(C)NC(=O)CN(CC1CCCN1)C1CC1. The number of carbonyl (C=O) groups excluding carboxylic acids is 1. The van der Waals surface area contributed by atoms with Crippen molar-refractivity contribution >= 4 is 5.91 Å². The van der Waals surface area contributed by atoms with Crippen molar-refractivity contribution in [1.29, 1.82) is 0 Å². The van der Waals surface area contributed by atoms with Crippen molar-refractivity contribution < 1.29 is 4.79 Å². The summed E-state index contributed by atoms with van der Waals surface area (Å²) in [6, 6.07) is 1.57. The average Bonchev–Trinajstić information content (AvgIpc) is 3.17. The van der Waals surface area contributed by atoms with Crippen LogP contribution >= 0.6 is 0 Å². The third-order valence-corrected chi connectivity index (χ3v) is 4.68. The van der Waals surface area contributed by atoms with E-state index in [0.29, 0.717) is 24.7 Å². The molecule has 1 amide bonds. The molecule has 0 spiro atoms. The van der Waals surface area contributed by atoms with Crippen LogP contribution < -0.4 is 10.6 Å². The molecular formula is C17H33N3O. The molecule has 4 heteroatoms. The molecule has 2 atom stereocenters. The number of unbranched alkanes of at least 4 members (excludes halogenated alkanes) is 2. The molecule has 21 heavy (non-hydrogen) atoms. The second-order valence-corrected chi connectivity index (χ2v) is 6.92. The third-order valence-electron chi connectivity index (χ3n) is 4.68. The molecule has 2 unspecified atom stereocenters. The molecule has 0 aromatic carbocycles. The minimum atomic E-state index is 0.212. The van der Waals surface area contributed by atoms with Crippen LogP contribution in [0.4, 0.5) is 0 Å². The Bertz CT molecular complexity index is 311. The molecule has 0 radical (unpaired) electrons. The number of amides is 1. The molecule has 2 aliphatic rings. The summed E-state index contributed by atoms with van der Waals surface area (Å²) in [5.74, 6) is 0.212. The van der Waals surface area contributed by atoms with Gasteiger partial charge in [-0.05, 0) is 45.6 Å². The highest BCUT2D eigenvalue weighted by atomic mass is 16.2. The maximum atomic E-state index is 12.2. The average molecular weight is 295 g/mol. The maximum absolute atomic E-state index is 12.2. The summed E-state index contributed by atoms with van der Waals surface area (Å²) >= 11 is 0. The Morgan fingerprint density at radius 2 is 2.14 bits per heavy atom. The van der Waals surface area contributed by atoms with Crippen molar-refractivity contribution in [3.63, 3.8) is 0 Å². The van der Waals surface area contributed by atoms with Crippen LogP contribution in [0.2, 0.25) is 0 Å². The monoisotopic (exact) mass is 295 g/mol. The van der Waals surface area contributed by atoms with E-state index in [2.05, 4.69) is 29.4 Å². The van der Waals surface area contributed by atoms with Crippen molar-refractivity contribution in [3.8, 4) is 0 Å². The van der Waals surface area contributed by atoms with Crippen LogP contribution in [0.5, 0.6) is 0 Å². The van der Waals surface area contributed by atoms with E-state index >= 15 is 0 Å². The van der Waals surface area contributed by atoms with Crippen LogP contribution in [0.1, 0.15) is 65.2 Å². The van der Waals surface area contributed by atoms with Crippen molar-refractivity contribution in [2.45, 2.75) is 83.3 Å². The van der Waals surface area contributed by atoms with Crippen LogP contribution in [0.3, 0.4) is 0 Å². The van der Waals surface area contributed by atoms with Gasteiger partial charge in [0.1, 0.15) is 0 Å². The second kappa shape index (κ2) is 8.74. The Kier molecular flexibility index (Phi) is 6.97. The highest BCUT2D eigenvalue weighted by Crippen LogP contribution is 2.27. The van der Waals surface area contributed by atoms with E-state index in [1.54, 1.807) is 0 Å². The van der Waals surface area contributed by atoms with Crippen LogP contribution in [-0.4, -0.2) is 48.6 Å². The molecule has 0 aromatic heterocycles. The Morgan fingerprint density at radius 1 is 1.33 bits per heavy atom. The third kappa shape index (κ3) is 6.35. The van der Waals surface area contributed by atoms with Gasteiger partial charge in [-0.15, -0.1) is 0 Å². The van der Waals surface area contributed by atoms with Gasteiger partial charge in [-0.3, -0.25) is 9.69 Å². The molecule has 2 rings (SSSR count). The number of nitrogens with zero attached hydrogens (tertiary/aromatic N) is 1. The van der Waals surface area contributed by atoms with Crippen molar-refractivity contribution in [2.75, 3.05) is 19.6 Å². The van der Waals surface area contributed by atoms with Gasteiger partial charge in [0, 0.05) is 24.7 Å². The first-order valence-electron chi connectivity index (χ1n) is 8.95. The fraction of sp³-hybridized carbons (Fsp3) is 0.941. The lowest BCUT2D eigenvalue weighted by Gasteiger charge is -2.25. The predicted octanol–water partition coefficient (Wildman–Crippen LogP) is 2.29. The van der Waals surface area contributed by atoms with Crippen LogP contribution in [0.15, 0.2) is 0 Å². The van der Waals surface area contributed by atoms with Gasteiger partial charge in [0.2, 0.25) is 5.91 Å². The Balaban J connectivity index is 1.68. The van der Waals surface area contributed by atoms with E-state index in [9.17, 15) is 4.79 Å². The largest absolute Gasteiger partial charge is 0.353 e. The number of hydrogen-bond acceptors (Lipinski definition) is 3. The molecular weight excluding hydrogens is 262 g/mol. The lowest BCUT2D eigenvalue weighted by molar-refractivity contribution is -0.123. The van der Waals surface area contributed by atoms with E-state index in [1.807, 2.05) is 0 Å². The van der Waals surface area contributed by atoms with E-state index in [1.165, 1.54) is 44.9 Å². The van der Waals surface area contributed by atoms with Crippen molar-refractivity contribution in [1.82, 2.24) is 15.5 Å². The highest BCUT2D eigenvalue weighted by molar-refractivity contribution is 5.78. The first kappa shape index (κ1) is 16.8. The molecule has 1 saturated carbocycles. The number of nitrogens with one attached hydrogen (secondary N) is 2. The lowest BCUT2D eigenvalue weighted by Crippen LogP contribution is -2.46. The standard InChI is InChI=1S/C17H33N3O/c1-3-4-5-7-14(2)19-17(21)13-20(16-9-10-16)12-15-8-6-11-18-15/h14-16,18H,3-13H2,1-2H3,(H,19,21).